The minimum absolute atomic E-state index is 0.0888. The molecule has 164 valence electrons. The molecule has 2 heterocycles. The van der Waals surface area contributed by atoms with E-state index in [4.69, 9.17) is 27.9 Å². The number of hydrogen-bond acceptors (Lipinski definition) is 4. The minimum atomic E-state index is -0.312. The number of benzene rings is 2. The number of carbonyl (C=O) groups excluding carboxylic acids is 1. The molecule has 0 bridgehead atoms. The number of nitrogens with one attached hydrogen (secondary N) is 1. The third kappa shape index (κ3) is 5.12. The zero-order valence-corrected chi connectivity index (χ0v) is 19.1. The minimum Gasteiger partial charge on any atom is -0.470 e. The zero-order chi connectivity index (χ0) is 22.7. The quantitative estimate of drug-likeness (QED) is 0.396. The Hall–Kier alpha value is -3.29. The van der Waals surface area contributed by atoms with Crippen LogP contribution in [0.25, 0.3) is 0 Å². The lowest BCUT2D eigenvalue weighted by Crippen LogP contribution is -2.14. The Balaban J connectivity index is 1.39. The molecule has 4 aromatic rings. The second kappa shape index (κ2) is 9.46. The lowest BCUT2D eigenvalue weighted by Gasteiger charge is -2.09. The third-order valence-corrected chi connectivity index (χ3v) is 5.56. The second-order valence-corrected chi connectivity index (χ2v) is 8.09. The van der Waals surface area contributed by atoms with Crippen LogP contribution in [0.1, 0.15) is 27.4 Å². The van der Waals surface area contributed by atoms with Gasteiger partial charge in [-0.05, 0) is 55.8 Å². The van der Waals surface area contributed by atoms with Crippen LogP contribution in [0, 0.1) is 13.8 Å². The lowest BCUT2D eigenvalue weighted by molar-refractivity contribution is 0.102. The fourth-order valence-corrected chi connectivity index (χ4v) is 3.58. The molecule has 0 radical (unpaired) electrons. The largest absolute Gasteiger partial charge is 0.470 e. The van der Waals surface area contributed by atoms with Gasteiger partial charge in [-0.2, -0.15) is 10.2 Å². The van der Waals surface area contributed by atoms with E-state index in [1.165, 1.54) is 4.68 Å². The summed E-state index contributed by atoms with van der Waals surface area (Å²) in [6.07, 6.45) is 1.66. The van der Waals surface area contributed by atoms with Gasteiger partial charge in [0, 0.05) is 17.6 Å². The van der Waals surface area contributed by atoms with Gasteiger partial charge in [0.1, 0.15) is 10.8 Å². The fraction of sp³-hybridized carbons (Fsp3) is 0.174. The van der Waals surface area contributed by atoms with Crippen molar-refractivity contribution < 1.29 is 9.53 Å². The molecule has 2 aromatic heterocycles. The van der Waals surface area contributed by atoms with Crippen molar-refractivity contribution in [3.05, 3.63) is 93.5 Å². The van der Waals surface area contributed by atoms with Gasteiger partial charge < -0.3 is 10.1 Å². The highest BCUT2D eigenvalue weighted by Crippen LogP contribution is 2.31. The Morgan fingerprint density at radius 3 is 2.66 bits per heavy atom. The summed E-state index contributed by atoms with van der Waals surface area (Å²) in [6, 6.07) is 16.5. The monoisotopic (exact) mass is 469 g/mol. The predicted octanol–water partition coefficient (Wildman–Crippen LogP) is 5.34. The van der Waals surface area contributed by atoms with Gasteiger partial charge in [-0.3, -0.25) is 9.48 Å². The summed E-state index contributed by atoms with van der Waals surface area (Å²) in [5, 5.41) is 12.4. The van der Waals surface area contributed by atoms with Crippen LogP contribution in [-0.2, 0) is 13.3 Å². The summed E-state index contributed by atoms with van der Waals surface area (Å²) < 4.78 is 9.08. The molecule has 0 unspecified atom stereocenters. The summed E-state index contributed by atoms with van der Waals surface area (Å²) in [5.41, 5.74) is 4.06. The fourth-order valence-electron chi connectivity index (χ4n) is 3.24. The van der Waals surface area contributed by atoms with Crippen LogP contribution in [0.4, 0.5) is 5.69 Å². The average molecular weight is 470 g/mol. The molecule has 0 aliphatic carbocycles. The molecule has 4 rings (SSSR count). The Kier molecular flexibility index (Phi) is 6.48. The van der Waals surface area contributed by atoms with Crippen molar-refractivity contribution >= 4 is 34.8 Å². The normalized spacial score (nSPS) is 10.9. The van der Waals surface area contributed by atoms with E-state index >= 15 is 0 Å². The highest BCUT2D eigenvalue weighted by Gasteiger charge is 2.12. The van der Waals surface area contributed by atoms with Crippen LogP contribution < -0.4 is 10.1 Å². The maximum absolute atomic E-state index is 12.6. The zero-order valence-electron chi connectivity index (χ0n) is 17.5. The van der Waals surface area contributed by atoms with Crippen molar-refractivity contribution in [1.29, 1.82) is 0 Å². The molecule has 9 heteroatoms. The summed E-state index contributed by atoms with van der Waals surface area (Å²) >= 11 is 12.1. The van der Waals surface area contributed by atoms with Gasteiger partial charge in [0.25, 0.3) is 5.91 Å². The molecule has 0 atom stereocenters. The highest BCUT2D eigenvalue weighted by molar-refractivity contribution is 6.42. The van der Waals surface area contributed by atoms with E-state index in [1.54, 1.807) is 30.5 Å². The lowest BCUT2D eigenvalue weighted by atomic mass is 10.2. The molecular weight excluding hydrogens is 449 g/mol. The van der Waals surface area contributed by atoms with Crippen molar-refractivity contribution in [2.24, 2.45) is 0 Å². The van der Waals surface area contributed by atoms with Gasteiger partial charge in [0.15, 0.2) is 12.4 Å². The maximum atomic E-state index is 12.6. The Bertz CT molecular complexity index is 1270. The number of hydrogen-bond donors (Lipinski definition) is 1. The molecular formula is C23H21Cl2N5O2. The van der Waals surface area contributed by atoms with Crippen LogP contribution in [0.2, 0.25) is 10.0 Å². The number of amides is 1. The number of carbonyl (C=O) groups is 1. The first-order valence-corrected chi connectivity index (χ1v) is 10.7. The van der Waals surface area contributed by atoms with Crippen LogP contribution >= 0.6 is 23.2 Å². The number of anilines is 1. The van der Waals surface area contributed by atoms with Gasteiger partial charge in [-0.15, -0.1) is 0 Å². The SMILES string of the molecule is Cc1cc(C)n(Cc2cccc(NC(=O)c3ccn(COc4cccc(Cl)c4Cl)n3)c2)n1. The van der Waals surface area contributed by atoms with Crippen molar-refractivity contribution in [2.45, 2.75) is 27.1 Å². The van der Waals surface area contributed by atoms with Crippen molar-refractivity contribution in [3.63, 3.8) is 0 Å². The molecule has 0 aliphatic rings. The van der Waals surface area contributed by atoms with E-state index in [0.29, 0.717) is 28.0 Å². The Morgan fingerprint density at radius 2 is 1.88 bits per heavy atom. The molecule has 0 aliphatic heterocycles. The molecule has 32 heavy (non-hydrogen) atoms. The van der Waals surface area contributed by atoms with Crippen molar-refractivity contribution in [3.8, 4) is 5.75 Å². The van der Waals surface area contributed by atoms with Gasteiger partial charge in [-0.1, -0.05) is 41.4 Å². The van der Waals surface area contributed by atoms with E-state index in [2.05, 4.69) is 15.5 Å². The van der Waals surface area contributed by atoms with E-state index in [1.807, 2.05) is 48.9 Å². The Labute approximate surface area is 195 Å². The van der Waals surface area contributed by atoms with E-state index < -0.39 is 0 Å². The first-order chi connectivity index (χ1) is 15.4. The molecule has 0 saturated carbocycles. The summed E-state index contributed by atoms with van der Waals surface area (Å²) in [6.45, 7) is 4.70. The van der Waals surface area contributed by atoms with Gasteiger partial charge in [-0.25, -0.2) is 4.68 Å². The first kappa shape index (κ1) is 21.9. The van der Waals surface area contributed by atoms with Crippen molar-refractivity contribution in [2.75, 3.05) is 5.32 Å². The van der Waals surface area contributed by atoms with Crippen molar-refractivity contribution in [1.82, 2.24) is 19.6 Å². The maximum Gasteiger partial charge on any atom is 0.276 e. The topological polar surface area (TPSA) is 74.0 Å². The third-order valence-electron chi connectivity index (χ3n) is 4.76. The number of halogens is 2. The summed E-state index contributed by atoms with van der Waals surface area (Å²) in [5.74, 6) is 0.132. The molecule has 0 spiro atoms. The summed E-state index contributed by atoms with van der Waals surface area (Å²) in [7, 11) is 0. The van der Waals surface area contributed by atoms with Crippen LogP contribution in [0.5, 0.6) is 5.75 Å². The standard InChI is InChI=1S/C23H21Cl2N5O2/c1-15-11-16(2)30(27-15)13-17-5-3-6-18(12-17)26-23(31)20-9-10-29(28-20)14-32-21-8-4-7-19(24)22(21)25/h3-12H,13-14H2,1-2H3,(H,26,31). The predicted molar refractivity (Wildman–Crippen MR) is 125 cm³/mol. The smallest absolute Gasteiger partial charge is 0.276 e. The van der Waals surface area contributed by atoms with Gasteiger partial charge in [0.05, 0.1) is 17.3 Å². The van der Waals surface area contributed by atoms with E-state index in [9.17, 15) is 4.79 Å². The molecule has 7 nitrogen and oxygen atoms in total. The number of nitrogens with zero attached hydrogens (tertiary/aromatic N) is 4. The second-order valence-electron chi connectivity index (χ2n) is 7.31. The molecule has 0 fully saturated rings. The molecule has 2 aromatic carbocycles. The first-order valence-electron chi connectivity index (χ1n) is 9.90. The van der Waals surface area contributed by atoms with Gasteiger partial charge >= 0.3 is 0 Å². The molecule has 0 saturated heterocycles. The number of aromatic nitrogens is 4. The van der Waals surface area contributed by atoms with E-state index in [0.717, 1.165) is 17.0 Å². The van der Waals surface area contributed by atoms with Gasteiger partial charge in [0.2, 0.25) is 0 Å². The summed E-state index contributed by atoms with van der Waals surface area (Å²) in [4.78, 5) is 12.6. The van der Waals surface area contributed by atoms with Crippen LogP contribution in [-0.4, -0.2) is 25.5 Å². The molecule has 1 N–H and O–H groups in total. The number of ether oxygens (including phenoxy) is 1. The van der Waals surface area contributed by atoms with E-state index in [-0.39, 0.29) is 18.3 Å². The Morgan fingerprint density at radius 1 is 1.06 bits per heavy atom. The molecule has 1 amide bonds. The van der Waals surface area contributed by atoms with Crippen LogP contribution in [0.3, 0.4) is 0 Å². The number of rotatable bonds is 7. The average Bonchev–Trinajstić information content (AvgIpc) is 3.35. The number of aryl methyl sites for hydroxylation is 2. The van der Waals surface area contributed by atoms with Crippen LogP contribution in [0.15, 0.2) is 60.8 Å². The highest BCUT2D eigenvalue weighted by atomic mass is 35.5.